The first-order valence-corrected chi connectivity index (χ1v) is 14.3. The number of carbonyl (C=O) groups excluding carboxylic acids is 2. The van der Waals surface area contributed by atoms with E-state index in [9.17, 15) is 9.59 Å². The number of amides is 1. The molecule has 9 nitrogen and oxygen atoms in total. The van der Waals surface area contributed by atoms with Crippen LogP contribution in [0, 0.1) is 0 Å². The summed E-state index contributed by atoms with van der Waals surface area (Å²) in [5, 5.41) is 0. The van der Waals surface area contributed by atoms with Gasteiger partial charge < -0.3 is 20.1 Å². The summed E-state index contributed by atoms with van der Waals surface area (Å²) in [6, 6.07) is 9.28. The third kappa shape index (κ3) is 8.34. The lowest BCUT2D eigenvalue weighted by Crippen LogP contribution is -2.68. The Morgan fingerprint density at radius 3 is 2.68 bits per heavy atom. The largest absolute Gasteiger partial charge is 0.475 e. The summed E-state index contributed by atoms with van der Waals surface area (Å²) in [7, 11) is 3.70. The van der Waals surface area contributed by atoms with E-state index in [0.29, 0.717) is 29.9 Å². The van der Waals surface area contributed by atoms with E-state index in [0.717, 1.165) is 54.4 Å². The molecule has 0 saturated carbocycles. The van der Waals surface area contributed by atoms with Gasteiger partial charge >= 0.3 is 5.97 Å². The topological polar surface area (TPSA) is 109 Å². The predicted molar refractivity (Wildman–Crippen MR) is 148 cm³/mol. The van der Waals surface area contributed by atoms with Gasteiger partial charge in [0.25, 0.3) is 11.8 Å². The minimum Gasteiger partial charge on any atom is -0.475 e. The molecule has 3 N–H and O–H groups in total. The van der Waals surface area contributed by atoms with Crippen molar-refractivity contribution < 1.29 is 29.3 Å². The van der Waals surface area contributed by atoms with Crippen molar-refractivity contribution in [2.75, 3.05) is 40.3 Å². The summed E-state index contributed by atoms with van der Waals surface area (Å²) < 4.78 is 21.2. The number of hydrogen-bond acceptors (Lipinski definition) is 7. The van der Waals surface area contributed by atoms with Gasteiger partial charge in [-0.25, -0.2) is 4.79 Å². The number of carbonyl (C=O) groups is 2. The molecule has 38 heavy (non-hydrogen) atoms. The Morgan fingerprint density at radius 2 is 1.95 bits per heavy atom. The molecule has 3 rings (SSSR count). The third-order valence-electron chi connectivity index (χ3n) is 7.16. The van der Waals surface area contributed by atoms with Crippen LogP contribution >= 0.6 is 11.7 Å². The van der Waals surface area contributed by atoms with Crippen LogP contribution in [0.5, 0.6) is 5.88 Å². The van der Waals surface area contributed by atoms with Crippen molar-refractivity contribution in [1.82, 2.24) is 13.6 Å². The molecule has 0 aliphatic carbocycles. The number of aromatic nitrogens is 2. The van der Waals surface area contributed by atoms with Crippen molar-refractivity contribution in [2.24, 2.45) is 0 Å². The molecule has 2 heterocycles. The molecule has 0 fully saturated rings. The Hall–Kier alpha value is -2.82. The highest BCUT2D eigenvalue weighted by Crippen LogP contribution is 2.31. The third-order valence-corrected chi connectivity index (χ3v) is 7.67. The number of likely N-dealkylation sites (N-methyl/N-ethyl adjacent to an activating group) is 2. The molecule has 1 aromatic heterocycles. The summed E-state index contributed by atoms with van der Waals surface area (Å²) >= 11 is 1.16. The summed E-state index contributed by atoms with van der Waals surface area (Å²) in [4.78, 5) is 27.0. The first kappa shape index (κ1) is 29.7. The van der Waals surface area contributed by atoms with Crippen LogP contribution in [0.2, 0.25) is 0 Å². The normalized spacial score (nSPS) is 18.8. The van der Waals surface area contributed by atoms with Gasteiger partial charge in [-0.1, -0.05) is 62.6 Å². The van der Waals surface area contributed by atoms with E-state index in [2.05, 4.69) is 34.5 Å². The SMILES string of the molecule is CCCCCCOc1nsnc1C1=CCC[N+](C)([C@H](C)OC(=O)CN(C)C(=O)[C@@H]([NH3+])Cc2ccccc2)C1. The van der Waals surface area contributed by atoms with Crippen LogP contribution in [0.25, 0.3) is 5.57 Å². The zero-order valence-corrected chi connectivity index (χ0v) is 24.0. The number of hydrogen-bond donors (Lipinski definition) is 1. The molecule has 2 aromatic rings. The predicted octanol–water partition coefficient (Wildman–Crippen LogP) is 2.93. The molecule has 1 aliphatic heterocycles. The zero-order chi connectivity index (χ0) is 27.5. The average Bonchev–Trinajstić information content (AvgIpc) is 3.37. The van der Waals surface area contributed by atoms with Crippen LogP contribution in [-0.4, -0.2) is 82.6 Å². The van der Waals surface area contributed by atoms with Crippen molar-refractivity contribution in [1.29, 1.82) is 0 Å². The average molecular weight is 546 g/mol. The molecule has 3 atom stereocenters. The Labute approximate surface area is 230 Å². The second-order valence-electron chi connectivity index (χ2n) is 10.4. The Bertz CT molecular complexity index is 1080. The Morgan fingerprint density at radius 1 is 1.18 bits per heavy atom. The van der Waals surface area contributed by atoms with Crippen molar-refractivity contribution >= 4 is 29.2 Å². The molecule has 0 radical (unpaired) electrons. The molecule has 1 unspecified atom stereocenters. The first-order chi connectivity index (χ1) is 18.2. The Balaban J connectivity index is 1.52. The van der Waals surface area contributed by atoms with Crippen LogP contribution in [0.4, 0.5) is 0 Å². The van der Waals surface area contributed by atoms with Crippen molar-refractivity contribution in [2.45, 2.75) is 64.6 Å². The van der Waals surface area contributed by atoms with E-state index in [-0.39, 0.29) is 18.7 Å². The fourth-order valence-corrected chi connectivity index (χ4v) is 5.17. The number of ether oxygens (including phenoxy) is 2. The molecule has 1 aromatic carbocycles. The molecule has 1 aliphatic rings. The van der Waals surface area contributed by atoms with Gasteiger partial charge in [0, 0.05) is 32.4 Å². The van der Waals surface area contributed by atoms with Crippen LogP contribution in [-0.2, 0) is 20.7 Å². The fraction of sp³-hybridized carbons (Fsp3) is 0.571. The molecule has 0 spiro atoms. The van der Waals surface area contributed by atoms with Crippen molar-refractivity contribution in [3.8, 4) is 5.88 Å². The maximum absolute atomic E-state index is 12.8. The molecule has 10 heteroatoms. The summed E-state index contributed by atoms with van der Waals surface area (Å²) in [6.45, 7) is 6.10. The quantitative estimate of drug-likeness (QED) is 0.222. The van der Waals surface area contributed by atoms with E-state index in [1.165, 1.54) is 17.7 Å². The van der Waals surface area contributed by atoms with Crippen molar-refractivity contribution in [3.63, 3.8) is 0 Å². The molecule has 1 amide bonds. The first-order valence-electron chi connectivity index (χ1n) is 13.5. The monoisotopic (exact) mass is 545 g/mol. The van der Waals surface area contributed by atoms with Gasteiger partial charge in [0.2, 0.25) is 6.23 Å². The molecule has 0 bridgehead atoms. The second-order valence-corrected chi connectivity index (χ2v) is 10.9. The number of esters is 1. The van der Waals surface area contributed by atoms with Gasteiger partial charge in [0.05, 0.1) is 31.9 Å². The molecule has 0 saturated heterocycles. The molecular formula is C28H43N5O4S+2. The smallest absolute Gasteiger partial charge is 0.330 e. The van der Waals surface area contributed by atoms with E-state index in [4.69, 9.17) is 9.47 Å². The molecular weight excluding hydrogens is 502 g/mol. The summed E-state index contributed by atoms with van der Waals surface area (Å²) in [6.07, 6.45) is 7.69. The maximum Gasteiger partial charge on any atom is 0.330 e. The van der Waals surface area contributed by atoms with E-state index in [1.807, 2.05) is 37.3 Å². The number of nitrogens with zero attached hydrogens (tertiary/aromatic N) is 4. The fourth-order valence-electron chi connectivity index (χ4n) is 4.64. The highest BCUT2D eigenvalue weighted by Gasteiger charge is 2.37. The lowest BCUT2D eigenvalue weighted by Gasteiger charge is -2.41. The highest BCUT2D eigenvalue weighted by molar-refractivity contribution is 6.99. The van der Waals surface area contributed by atoms with Crippen LogP contribution in [0.15, 0.2) is 36.4 Å². The second kappa shape index (κ2) is 14.4. The lowest BCUT2D eigenvalue weighted by molar-refractivity contribution is -0.944. The van der Waals surface area contributed by atoms with Crippen LogP contribution in [0.3, 0.4) is 0 Å². The molecule has 208 valence electrons. The van der Waals surface area contributed by atoms with Gasteiger partial charge in [0.1, 0.15) is 18.8 Å². The lowest BCUT2D eigenvalue weighted by atomic mass is 10.0. The maximum atomic E-state index is 12.8. The number of quaternary nitrogens is 2. The summed E-state index contributed by atoms with van der Waals surface area (Å²) in [5.74, 6) is -0.0170. The van der Waals surface area contributed by atoms with Gasteiger partial charge in [-0.2, -0.15) is 4.37 Å². The standard InChI is InChI=1S/C28H42N5O4S/c1-5-6-7-11-17-36-27-26(30-38-31-27)23-15-12-16-33(4,20-23)21(2)37-25(34)19-32(3)28(35)24(29)18-22-13-9-8-10-14-22/h8-10,13-15,21,24H,5-7,11-12,16-20,29H2,1-4H3/q+1/p+1/t21-,24-,33?/m0/s1. The number of unbranched alkanes of at least 4 members (excludes halogenated alkanes) is 3. The van der Waals surface area contributed by atoms with E-state index >= 15 is 0 Å². The van der Waals surface area contributed by atoms with E-state index < -0.39 is 12.0 Å². The van der Waals surface area contributed by atoms with Gasteiger partial charge in [0.15, 0.2) is 6.04 Å². The summed E-state index contributed by atoms with van der Waals surface area (Å²) in [5.41, 5.74) is 6.90. The van der Waals surface area contributed by atoms with Gasteiger partial charge in [-0.15, -0.1) is 4.37 Å². The van der Waals surface area contributed by atoms with Gasteiger partial charge in [-0.05, 0) is 12.0 Å². The number of rotatable bonds is 14. The van der Waals surface area contributed by atoms with Crippen LogP contribution < -0.4 is 10.5 Å². The highest BCUT2D eigenvalue weighted by atomic mass is 32.1. The van der Waals surface area contributed by atoms with Gasteiger partial charge in [-0.3, -0.25) is 9.28 Å². The Kier molecular flexibility index (Phi) is 11.2. The zero-order valence-electron chi connectivity index (χ0n) is 23.2. The van der Waals surface area contributed by atoms with Crippen molar-refractivity contribution in [3.05, 3.63) is 47.7 Å². The minimum absolute atomic E-state index is 0.112. The van der Waals surface area contributed by atoms with Crippen LogP contribution in [0.1, 0.15) is 57.2 Å². The number of benzene rings is 1. The minimum atomic E-state index is -0.471. The van der Waals surface area contributed by atoms with E-state index in [1.54, 1.807) is 7.05 Å².